The van der Waals surface area contributed by atoms with Crippen LogP contribution in [0.4, 0.5) is 0 Å². The van der Waals surface area contributed by atoms with Gasteiger partial charge in [0.15, 0.2) is 0 Å². The van der Waals surface area contributed by atoms with E-state index in [2.05, 4.69) is 5.32 Å². The average Bonchev–Trinajstić information content (AvgIpc) is 3.00. The van der Waals surface area contributed by atoms with Crippen molar-refractivity contribution < 1.29 is 14.3 Å². The Morgan fingerprint density at radius 1 is 1.48 bits per heavy atom. The van der Waals surface area contributed by atoms with Crippen LogP contribution in [0.5, 0.6) is 0 Å². The van der Waals surface area contributed by atoms with Crippen LogP contribution >= 0.6 is 11.3 Å². The molecular weight excluding hydrogens is 288 g/mol. The van der Waals surface area contributed by atoms with Gasteiger partial charge in [-0.15, -0.1) is 0 Å². The number of hydrogen-bond donors (Lipinski definition) is 1. The van der Waals surface area contributed by atoms with Gasteiger partial charge in [0.25, 0.3) is 5.91 Å². The van der Waals surface area contributed by atoms with Crippen LogP contribution in [0.2, 0.25) is 0 Å². The van der Waals surface area contributed by atoms with Crippen LogP contribution in [-0.2, 0) is 9.53 Å². The number of morpholine rings is 1. The highest BCUT2D eigenvalue weighted by molar-refractivity contribution is 7.08. The SMILES string of the molecule is CC1CN(C(=O)CCCNC(=O)c2ccsc2)C(C)CO1. The van der Waals surface area contributed by atoms with Crippen molar-refractivity contribution in [3.63, 3.8) is 0 Å². The van der Waals surface area contributed by atoms with Crippen molar-refractivity contribution in [1.29, 1.82) is 0 Å². The average molecular weight is 310 g/mol. The summed E-state index contributed by atoms with van der Waals surface area (Å²) >= 11 is 1.50. The minimum absolute atomic E-state index is 0.0722. The van der Waals surface area contributed by atoms with Gasteiger partial charge in [-0.25, -0.2) is 0 Å². The summed E-state index contributed by atoms with van der Waals surface area (Å²) in [6, 6.07) is 1.93. The van der Waals surface area contributed by atoms with Gasteiger partial charge in [0, 0.05) is 30.5 Å². The molecule has 1 saturated heterocycles. The largest absolute Gasteiger partial charge is 0.375 e. The molecule has 116 valence electrons. The summed E-state index contributed by atoms with van der Waals surface area (Å²) < 4.78 is 5.52. The Labute approximate surface area is 129 Å². The molecule has 0 aromatic carbocycles. The van der Waals surface area contributed by atoms with Crippen LogP contribution in [-0.4, -0.2) is 48.6 Å². The quantitative estimate of drug-likeness (QED) is 0.845. The first kappa shape index (κ1) is 16.0. The number of carbonyl (C=O) groups excluding carboxylic acids is 2. The minimum atomic E-state index is -0.0722. The number of nitrogens with one attached hydrogen (secondary N) is 1. The number of amides is 2. The molecule has 0 radical (unpaired) electrons. The maximum absolute atomic E-state index is 12.2. The molecule has 1 N–H and O–H groups in total. The zero-order valence-electron chi connectivity index (χ0n) is 12.5. The van der Waals surface area contributed by atoms with E-state index in [1.165, 1.54) is 11.3 Å². The second kappa shape index (κ2) is 7.56. The Kier molecular flexibility index (Phi) is 5.76. The molecule has 1 aliphatic heterocycles. The predicted molar refractivity (Wildman–Crippen MR) is 82.5 cm³/mol. The number of rotatable bonds is 5. The van der Waals surface area contributed by atoms with Gasteiger partial charge in [-0.2, -0.15) is 11.3 Å². The molecule has 1 aliphatic rings. The van der Waals surface area contributed by atoms with Crippen molar-refractivity contribution in [3.8, 4) is 0 Å². The van der Waals surface area contributed by atoms with Gasteiger partial charge in [0.1, 0.15) is 0 Å². The van der Waals surface area contributed by atoms with E-state index < -0.39 is 0 Å². The molecule has 0 aliphatic carbocycles. The van der Waals surface area contributed by atoms with Crippen molar-refractivity contribution >= 4 is 23.2 Å². The summed E-state index contributed by atoms with van der Waals surface area (Å²) in [5.74, 6) is 0.0690. The lowest BCUT2D eigenvalue weighted by Gasteiger charge is -2.36. The van der Waals surface area contributed by atoms with Crippen molar-refractivity contribution in [2.24, 2.45) is 0 Å². The van der Waals surface area contributed by atoms with Gasteiger partial charge >= 0.3 is 0 Å². The van der Waals surface area contributed by atoms with Crippen LogP contribution in [0.25, 0.3) is 0 Å². The topological polar surface area (TPSA) is 58.6 Å². The Bertz CT molecular complexity index is 475. The van der Waals surface area contributed by atoms with Crippen molar-refractivity contribution in [1.82, 2.24) is 10.2 Å². The van der Waals surface area contributed by atoms with Crippen LogP contribution < -0.4 is 5.32 Å². The van der Waals surface area contributed by atoms with Crippen LogP contribution in [0.15, 0.2) is 16.8 Å². The summed E-state index contributed by atoms with van der Waals surface area (Å²) in [6.07, 6.45) is 1.22. The lowest BCUT2D eigenvalue weighted by atomic mass is 10.1. The molecule has 21 heavy (non-hydrogen) atoms. The summed E-state index contributed by atoms with van der Waals surface area (Å²) in [5.41, 5.74) is 0.682. The zero-order valence-corrected chi connectivity index (χ0v) is 13.3. The third-order valence-electron chi connectivity index (χ3n) is 3.56. The van der Waals surface area contributed by atoms with Crippen LogP contribution in [0.1, 0.15) is 37.0 Å². The minimum Gasteiger partial charge on any atom is -0.375 e. The third kappa shape index (κ3) is 4.54. The van der Waals surface area contributed by atoms with E-state index in [9.17, 15) is 9.59 Å². The number of nitrogens with zero attached hydrogens (tertiary/aromatic N) is 1. The zero-order chi connectivity index (χ0) is 15.2. The van der Waals surface area contributed by atoms with E-state index in [-0.39, 0.29) is 24.0 Å². The normalized spacial score (nSPS) is 22.1. The molecule has 1 aromatic rings. The number of ether oxygens (including phenoxy) is 1. The first-order valence-electron chi connectivity index (χ1n) is 7.29. The molecule has 2 unspecified atom stereocenters. The molecule has 2 heterocycles. The third-order valence-corrected chi connectivity index (χ3v) is 4.25. The molecular formula is C15H22N2O3S. The smallest absolute Gasteiger partial charge is 0.252 e. The van der Waals surface area contributed by atoms with Gasteiger partial charge in [-0.05, 0) is 31.7 Å². The summed E-state index contributed by atoms with van der Waals surface area (Å²) in [6.45, 7) is 5.76. The van der Waals surface area contributed by atoms with Gasteiger partial charge in [0.05, 0.1) is 18.8 Å². The summed E-state index contributed by atoms with van der Waals surface area (Å²) in [4.78, 5) is 25.8. The van der Waals surface area contributed by atoms with Gasteiger partial charge in [-0.1, -0.05) is 0 Å². The van der Waals surface area contributed by atoms with Crippen LogP contribution in [0, 0.1) is 0 Å². The van der Waals surface area contributed by atoms with Gasteiger partial charge in [0.2, 0.25) is 5.91 Å². The molecule has 2 rings (SSSR count). The molecule has 1 aromatic heterocycles. The number of thiophene rings is 1. The Morgan fingerprint density at radius 2 is 2.29 bits per heavy atom. The molecule has 0 spiro atoms. The standard InChI is InChI=1S/C15H22N2O3S/c1-11-9-20-12(2)8-17(11)14(18)4-3-6-16-15(19)13-5-7-21-10-13/h5,7,10-12H,3-4,6,8-9H2,1-2H3,(H,16,19). The molecule has 2 amide bonds. The number of carbonyl (C=O) groups is 2. The molecule has 1 fully saturated rings. The molecule has 0 bridgehead atoms. The van der Waals surface area contributed by atoms with E-state index in [1.807, 2.05) is 29.5 Å². The Morgan fingerprint density at radius 3 is 3.00 bits per heavy atom. The van der Waals surface area contributed by atoms with E-state index in [4.69, 9.17) is 4.74 Å². The molecule has 5 nitrogen and oxygen atoms in total. The lowest BCUT2D eigenvalue weighted by Crippen LogP contribution is -2.50. The first-order valence-corrected chi connectivity index (χ1v) is 8.23. The molecule has 0 saturated carbocycles. The first-order chi connectivity index (χ1) is 10.1. The highest BCUT2D eigenvalue weighted by Crippen LogP contribution is 2.13. The van der Waals surface area contributed by atoms with E-state index >= 15 is 0 Å². The lowest BCUT2D eigenvalue weighted by molar-refractivity contribution is -0.143. The second-order valence-corrected chi connectivity index (χ2v) is 6.19. The van der Waals surface area contributed by atoms with E-state index in [0.29, 0.717) is 38.1 Å². The Balaban J connectivity index is 1.68. The highest BCUT2D eigenvalue weighted by Gasteiger charge is 2.26. The summed E-state index contributed by atoms with van der Waals surface area (Å²) in [7, 11) is 0. The highest BCUT2D eigenvalue weighted by atomic mass is 32.1. The fourth-order valence-corrected chi connectivity index (χ4v) is 2.97. The van der Waals surface area contributed by atoms with Crippen molar-refractivity contribution in [3.05, 3.63) is 22.4 Å². The van der Waals surface area contributed by atoms with Gasteiger partial charge in [-0.3, -0.25) is 9.59 Å². The summed E-state index contributed by atoms with van der Waals surface area (Å²) in [5, 5.41) is 6.53. The number of hydrogen-bond acceptors (Lipinski definition) is 4. The van der Waals surface area contributed by atoms with Crippen molar-refractivity contribution in [2.45, 2.75) is 38.8 Å². The fraction of sp³-hybridized carbons (Fsp3) is 0.600. The van der Waals surface area contributed by atoms with Crippen molar-refractivity contribution in [2.75, 3.05) is 19.7 Å². The maximum Gasteiger partial charge on any atom is 0.252 e. The monoisotopic (exact) mass is 310 g/mol. The maximum atomic E-state index is 12.2. The predicted octanol–water partition coefficient (Wildman–Crippen LogP) is 1.89. The molecule has 2 atom stereocenters. The molecule has 6 heteroatoms. The Hall–Kier alpha value is -1.40. The van der Waals surface area contributed by atoms with Gasteiger partial charge < -0.3 is 15.0 Å². The van der Waals surface area contributed by atoms with E-state index in [1.54, 1.807) is 6.07 Å². The fourth-order valence-electron chi connectivity index (χ4n) is 2.33. The van der Waals surface area contributed by atoms with E-state index in [0.717, 1.165) is 0 Å². The second-order valence-electron chi connectivity index (χ2n) is 5.41. The van der Waals surface area contributed by atoms with Crippen LogP contribution in [0.3, 0.4) is 0 Å².